The van der Waals surface area contributed by atoms with E-state index in [1.54, 1.807) is 36.4 Å². The zero-order chi connectivity index (χ0) is 24.5. The maximum absolute atomic E-state index is 12.1. The first-order valence-electron chi connectivity index (χ1n) is 9.95. The van der Waals surface area contributed by atoms with Crippen LogP contribution in [0.3, 0.4) is 0 Å². The molecule has 0 atom stereocenters. The fourth-order valence-corrected chi connectivity index (χ4v) is 3.03. The minimum absolute atomic E-state index is 0.0245. The SMILES string of the molecule is COc1cc(C=NNC(=O)Cc2ccccc2[N+](=O)[O-])ccc1OCc1cccc([N+](=O)[O-])c1. The predicted molar refractivity (Wildman–Crippen MR) is 123 cm³/mol. The average molecular weight is 464 g/mol. The van der Waals surface area contributed by atoms with E-state index in [0.717, 1.165) is 0 Å². The van der Waals surface area contributed by atoms with Crippen LogP contribution in [0.2, 0.25) is 0 Å². The molecule has 11 nitrogen and oxygen atoms in total. The number of hydrazone groups is 1. The highest BCUT2D eigenvalue weighted by Gasteiger charge is 2.15. The zero-order valence-electron chi connectivity index (χ0n) is 18.0. The molecule has 34 heavy (non-hydrogen) atoms. The number of carbonyl (C=O) groups excluding carboxylic acids is 1. The molecule has 0 heterocycles. The largest absolute Gasteiger partial charge is 0.493 e. The van der Waals surface area contributed by atoms with E-state index < -0.39 is 15.8 Å². The molecule has 0 unspecified atom stereocenters. The number of nitrogens with zero attached hydrogens (tertiary/aromatic N) is 3. The van der Waals surface area contributed by atoms with Crippen molar-refractivity contribution in [3.63, 3.8) is 0 Å². The highest BCUT2D eigenvalue weighted by molar-refractivity contribution is 5.84. The number of hydrogen-bond donors (Lipinski definition) is 1. The fraction of sp³-hybridized carbons (Fsp3) is 0.130. The van der Waals surface area contributed by atoms with Gasteiger partial charge in [0.15, 0.2) is 11.5 Å². The van der Waals surface area contributed by atoms with E-state index in [9.17, 15) is 25.0 Å². The molecule has 0 spiro atoms. The van der Waals surface area contributed by atoms with E-state index in [1.807, 2.05) is 0 Å². The topological polar surface area (TPSA) is 146 Å². The molecule has 0 saturated heterocycles. The number of non-ortho nitro benzene ring substituents is 1. The van der Waals surface area contributed by atoms with Crippen LogP contribution in [0.15, 0.2) is 71.8 Å². The van der Waals surface area contributed by atoms with Gasteiger partial charge in [-0.1, -0.05) is 30.3 Å². The van der Waals surface area contributed by atoms with Gasteiger partial charge in [-0.2, -0.15) is 5.10 Å². The lowest BCUT2D eigenvalue weighted by atomic mass is 10.1. The molecule has 0 aliphatic rings. The van der Waals surface area contributed by atoms with E-state index in [-0.39, 0.29) is 30.0 Å². The van der Waals surface area contributed by atoms with Crippen molar-refractivity contribution in [2.45, 2.75) is 13.0 Å². The summed E-state index contributed by atoms with van der Waals surface area (Å²) in [4.78, 5) is 33.1. The van der Waals surface area contributed by atoms with Crippen LogP contribution in [0, 0.1) is 20.2 Å². The summed E-state index contributed by atoms with van der Waals surface area (Å²) < 4.78 is 11.1. The Morgan fingerprint density at radius 3 is 2.53 bits per heavy atom. The fourth-order valence-electron chi connectivity index (χ4n) is 3.03. The van der Waals surface area contributed by atoms with Crippen LogP contribution >= 0.6 is 0 Å². The van der Waals surface area contributed by atoms with Crippen LogP contribution in [0.25, 0.3) is 0 Å². The summed E-state index contributed by atoms with van der Waals surface area (Å²) in [5, 5.41) is 25.8. The number of nitrogens with one attached hydrogen (secondary N) is 1. The standard InChI is InChI=1S/C23H20N4O7/c1-33-22-12-16(9-10-21(22)34-15-17-5-4-7-19(11-17)26(29)30)14-24-25-23(28)13-18-6-2-3-8-20(18)27(31)32/h2-12,14H,13,15H2,1H3,(H,25,28). The van der Waals surface area contributed by atoms with Gasteiger partial charge in [-0.3, -0.25) is 25.0 Å². The molecule has 3 aromatic carbocycles. The number of nitro groups is 2. The van der Waals surface area contributed by atoms with Crippen LogP contribution in [0.4, 0.5) is 11.4 Å². The molecule has 0 aliphatic heterocycles. The lowest BCUT2D eigenvalue weighted by molar-refractivity contribution is -0.385. The third kappa shape index (κ3) is 6.36. The van der Waals surface area contributed by atoms with Gasteiger partial charge in [-0.15, -0.1) is 0 Å². The maximum atomic E-state index is 12.1. The van der Waals surface area contributed by atoms with Crippen molar-refractivity contribution >= 4 is 23.5 Å². The third-order valence-electron chi connectivity index (χ3n) is 4.65. The summed E-state index contributed by atoms with van der Waals surface area (Å²) in [6, 6.07) is 17.1. The number of nitro benzene ring substituents is 2. The molecular formula is C23H20N4O7. The molecule has 3 rings (SSSR count). The Hall–Kier alpha value is -4.80. The van der Waals surface area contributed by atoms with E-state index >= 15 is 0 Å². The quantitative estimate of drug-likeness (QED) is 0.273. The lowest BCUT2D eigenvalue weighted by Gasteiger charge is -2.11. The number of methoxy groups -OCH3 is 1. The number of benzene rings is 3. The van der Waals surface area contributed by atoms with Gasteiger partial charge < -0.3 is 9.47 Å². The Labute approximate surface area is 193 Å². The molecule has 0 aromatic heterocycles. The van der Waals surface area contributed by atoms with Crippen molar-refractivity contribution < 1.29 is 24.1 Å². The minimum Gasteiger partial charge on any atom is -0.493 e. The summed E-state index contributed by atoms with van der Waals surface area (Å²) in [7, 11) is 1.46. The average Bonchev–Trinajstić information content (AvgIpc) is 2.83. The molecule has 1 amide bonds. The van der Waals surface area contributed by atoms with E-state index in [2.05, 4.69) is 10.5 Å². The van der Waals surface area contributed by atoms with Crippen LogP contribution in [-0.2, 0) is 17.8 Å². The van der Waals surface area contributed by atoms with Gasteiger partial charge in [-0.05, 0) is 29.3 Å². The normalized spacial score (nSPS) is 10.6. The number of hydrogen-bond acceptors (Lipinski definition) is 8. The zero-order valence-corrected chi connectivity index (χ0v) is 18.0. The van der Waals surface area contributed by atoms with Gasteiger partial charge in [0.25, 0.3) is 11.4 Å². The number of carbonyl (C=O) groups is 1. The first-order chi connectivity index (χ1) is 16.4. The maximum Gasteiger partial charge on any atom is 0.273 e. The molecule has 11 heteroatoms. The summed E-state index contributed by atoms with van der Waals surface area (Å²) in [6.07, 6.45) is 1.20. The summed E-state index contributed by atoms with van der Waals surface area (Å²) in [5.41, 5.74) is 3.70. The highest BCUT2D eigenvalue weighted by Crippen LogP contribution is 2.28. The van der Waals surface area contributed by atoms with Crippen molar-refractivity contribution in [2.75, 3.05) is 7.11 Å². The van der Waals surface area contributed by atoms with Crippen LogP contribution in [0.5, 0.6) is 11.5 Å². The highest BCUT2D eigenvalue weighted by atomic mass is 16.6. The second kappa shape index (κ2) is 11.2. The second-order valence-corrected chi connectivity index (χ2v) is 6.98. The van der Waals surface area contributed by atoms with Gasteiger partial charge in [0.05, 0.1) is 29.6 Å². The van der Waals surface area contributed by atoms with Crippen LogP contribution in [-0.4, -0.2) is 29.1 Å². The van der Waals surface area contributed by atoms with E-state index in [1.165, 1.54) is 43.7 Å². The molecule has 3 aromatic rings. The van der Waals surface area contributed by atoms with Gasteiger partial charge in [0.2, 0.25) is 5.91 Å². The van der Waals surface area contributed by atoms with Crippen LogP contribution in [0.1, 0.15) is 16.7 Å². The molecule has 174 valence electrons. The Kier molecular flexibility index (Phi) is 7.84. The van der Waals surface area contributed by atoms with Gasteiger partial charge in [0.1, 0.15) is 6.61 Å². The van der Waals surface area contributed by atoms with Gasteiger partial charge in [0, 0.05) is 23.8 Å². The Morgan fingerprint density at radius 1 is 1.00 bits per heavy atom. The molecule has 0 radical (unpaired) electrons. The Morgan fingerprint density at radius 2 is 1.79 bits per heavy atom. The third-order valence-corrected chi connectivity index (χ3v) is 4.65. The number of rotatable bonds is 10. The van der Waals surface area contributed by atoms with Crippen molar-refractivity contribution in [3.05, 3.63) is 104 Å². The Bertz CT molecular complexity index is 1240. The Balaban J connectivity index is 1.61. The summed E-state index contributed by atoms with van der Waals surface area (Å²) in [5.74, 6) is 0.321. The van der Waals surface area contributed by atoms with Crippen molar-refractivity contribution in [2.24, 2.45) is 5.10 Å². The van der Waals surface area contributed by atoms with Crippen molar-refractivity contribution in [1.82, 2.24) is 5.43 Å². The van der Waals surface area contributed by atoms with E-state index in [0.29, 0.717) is 22.6 Å². The summed E-state index contributed by atoms with van der Waals surface area (Å²) >= 11 is 0. The second-order valence-electron chi connectivity index (χ2n) is 6.98. The predicted octanol–water partition coefficient (Wildman–Crippen LogP) is 3.78. The van der Waals surface area contributed by atoms with Crippen molar-refractivity contribution in [3.8, 4) is 11.5 Å². The van der Waals surface area contributed by atoms with Crippen LogP contribution < -0.4 is 14.9 Å². The monoisotopic (exact) mass is 464 g/mol. The molecule has 0 bridgehead atoms. The summed E-state index contributed by atoms with van der Waals surface area (Å²) in [6.45, 7) is 0.104. The van der Waals surface area contributed by atoms with Gasteiger partial charge in [-0.25, -0.2) is 5.43 Å². The number of amides is 1. The van der Waals surface area contributed by atoms with Gasteiger partial charge >= 0.3 is 0 Å². The molecular weight excluding hydrogens is 444 g/mol. The molecule has 0 aliphatic carbocycles. The molecule has 1 N–H and O–H groups in total. The minimum atomic E-state index is -0.541. The number of para-hydroxylation sites is 1. The number of ether oxygens (including phenoxy) is 2. The first kappa shape index (κ1) is 23.9. The smallest absolute Gasteiger partial charge is 0.273 e. The molecule has 0 saturated carbocycles. The first-order valence-corrected chi connectivity index (χ1v) is 9.95. The molecule has 0 fully saturated rings. The van der Waals surface area contributed by atoms with E-state index in [4.69, 9.17) is 9.47 Å². The lowest BCUT2D eigenvalue weighted by Crippen LogP contribution is -2.20. The van der Waals surface area contributed by atoms with Crippen molar-refractivity contribution in [1.29, 1.82) is 0 Å².